The standard InChI is InChI=1S/C30H41ClN4O5/c1-17(2)35(28(38)23(12-13-24(32)36)33-29(39)40-30(6,7)8)26(21-15-18(3)14-19(4)16-21)27(37)34-25-20(5)10-9-11-22(25)31/h9-11,14-17,23,26H,12-13H2,1-8H3,(H2,32,36)(H,33,39)(H,34,37). The van der Waals surface area contributed by atoms with Gasteiger partial charge in [0, 0.05) is 12.5 Å². The highest BCUT2D eigenvalue weighted by atomic mass is 35.5. The number of benzene rings is 2. The Morgan fingerprint density at radius 3 is 2.12 bits per heavy atom. The molecule has 2 aromatic rings. The molecule has 2 unspecified atom stereocenters. The number of nitrogens with one attached hydrogen (secondary N) is 2. The van der Waals surface area contributed by atoms with Crippen molar-refractivity contribution in [2.75, 3.05) is 5.32 Å². The third-order valence-corrected chi connectivity index (χ3v) is 6.35. The third-order valence-electron chi connectivity index (χ3n) is 6.04. The van der Waals surface area contributed by atoms with Crippen molar-refractivity contribution in [1.29, 1.82) is 0 Å². The van der Waals surface area contributed by atoms with Crippen molar-refractivity contribution < 1.29 is 23.9 Å². The van der Waals surface area contributed by atoms with Crippen LogP contribution in [0.1, 0.15) is 75.8 Å². The van der Waals surface area contributed by atoms with Crippen molar-refractivity contribution in [3.05, 3.63) is 63.7 Å². The van der Waals surface area contributed by atoms with Crippen molar-refractivity contribution in [3.8, 4) is 0 Å². The highest BCUT2D eigenvalue weighted by Gasteiger charge is 2.38. The van der Waals surface area contributed by atoms with E-state index < -0.39 is 47.5 Å². The second kappa shape index (κ2) is 13.7. The van der Waals surface area contributed by atoms with Crippen molar-refractivity contribution in [1.82, 2.24) is 10.2 Å². The summed E-state index contributed by atoms with van der Waals surface area (Å²) in [5.74, 6) is -1.66. The minimum absolute atomic E-state index is 0.0680. The number of hydrogen-bond donors (Lipinski definition) is 3. The molecule has 0 saturated carbocycles. The van der Waals surface area contributed by atoms with Gasteiger partial charge in [0.2, 0.25) is 11.8 Å². The van der Waals surface area contributed by atoms with Crippen molar-refractivity contribution in [2.24, 2.45) is 5.73 Å². The van der Waals surface area contributed by atoms with E-state index in [4.69, 9.17) is 22.1 Å². The molecule has 40 heavy (non-hydrogen) atoms. The second-order valence-corrected chi connectivity index (χ2v) is 11.7. The molecule has 2 rings (SSSR count). The summed E-state index contributed by atoms with van der Waals surface area (Å²) in [4.78, 5) is 53.9. The molecule has 0 radical (unpaired) electrons. The summed E-state index contributed by atoms with van der Waals surface area (Å²) >= 11 is 6.41. The molecule has 0 aliphatic rings. The lowest BCUT2D eigenvalue weighted by Gasteiger charge is -2.37. The third kappa shape index (κ3) is 9.26. The molecule has 0 aromatic heterocycles. The number of primary amides is 1. The highest BCUT2D eigenvalue weighted by molar-refractivity contribution is 6.34. The Kier molecular flexibility index (Phi) is 11.1. The van der Waals surface area contributed by atoms with E-state index in [1.807, 2.05) is 45.0 Å². The lowest BCUT2D eigenvalue weighted by Crippen LogP contribution is -2.54. The fourth-order valence-corrected chi connectivity index (χ4v) is 4.71. The second-order valence-electron chi connectivity index (χ2n) is 11.3. The quantitative estimate of drug-likeness (QED) is 0.353. The first-order valence-corrected chi connectivity index (χ1v) is 13.6. The molecule has 4 amide bonds. The molecule has 4 N–H and O–H groups in total. The summed E-state index contributed by atoms with van der Waals surface area (Å²) in [7, 11) is 0. The molecule has 218 valence electrons. The molecule has 9 nitrogen and oxygen atoms in total. The van der Waals surface area contributed by atoms with Crippen LogP contribution in [0.4, 0.5) is 10.5 Å². The van der Waals surface area contributed by atoms with Gasteiger partial charge in [0.25, 0.3) is 5.91 Å². The number of ether oxygens (including phenoxy) is 1. The van der Waals surface area contributed by atoms with E-state index in [1.165, 1.54) is 4.90 Å². The van der Waals surface area contributed by atoms with E-state index in [0.717, 1.165) is 16.7 Å². The lowest BCUT2D eigenvalue weighted by atomic mass is 9.96. The zero-order chi connectivity index (χ0) is 30.4. The Bertz CT molecular complexity index is 1210. The van der Waals surface area contributed by atoms with Gasteiger partial charge in [0.15, 0.2) is 0 Å². The van der Waals surface area contributed by atoms with Crippen molar-refractivity contribution >= 4 is 41.1 Å². The number of aryl methyl sites for hydroxylation is 3. The number of para-hydroxylation sites is 1. The number of nitrogens with zero attached hydrogens (tertiary/aromatic N) is 1. The monoisotopic (exact) mass is 572 g/mol. The van der Waals surface area contributed by atoms with Gasteiger partial charge in [-0.1, -0.05) is 53.1 Å². The Morgan fingerprint density at radius 2 is 1.62 bits per heavy atom. The lowest BCUT2D eigenvalue weighted by molar-refractivity contribution is -0.143. The molecule has 0 heterocycles. The number of carbonyl (C=O) groups is 4. The number of carbonyl (C=O) groups excluding carboxylic acids is 4. The van der Waals surface area contributed by atoms with Crippen LogP contribution in [-0.2, 0) is 19.1 Å². The molecule has 10 heteroatoms. The van der Waals surface area contributed by atoms with Crippen molar-refractivity contribution in [3.63, 3.8) is 0 Å². The van der Waals surface area contributed by atoms with Crippen LogP contribution < -0.4 is 16.4 Å². The summed E-state index contributed by atoms with van der Waals surface area (Å²) in [6, 6.07) is 8.20. The molecule has 0 saturated heterocycles. The first-order chi connectivity index (χ1) is 18.5. The average Bonchev–Trinajstić information content (AvgIpc) is 2.79. The number of anilines is 1. The van der Waals surface area contributed by atoms with Crippen LogP contribution in [0.3, 0.4) is 0 Å². The summed E-state index contributed by atoms with van der Waals surface area (Å²) in [5.41, 5.74) is 8.17. The average molecular weight is 573 g/mol. The predicted octanol–water partition coefficient (Wildman–Crippen LogP) is 5.34. The Balaban J connectivity index is 2.62. The van der Waals surface area contributed by atoms with Crippen LogP contribution in [-0.4, -0.2) is 46.4 Å². The van der Waals surface area contributed by atoms with Crippen LogP contribution in [0.5, 0.6) is 0 Å². The maximum absolute atomic E-state index is 14.2. The smallest absolute Gasteiger partial charge is 0.408 e. The van der Waals surface area contributed by atoms with Gasteiger partial charge in [-0.05, 0) is 79.0 Å². The van der Waals surface area contributed by atoms with Gasteiger partial charge >= 0.3 is 6.09 Å². The Labute approximate surface area is 241 Å². The first kappa shape index (κ1) is 32.6. The molecule has 0 aliphatic heterocycles. The normalized spacial score (nSPS) is 12.8. The van der Waals surface area contributed by atoms with E-state index in [0.29, 0.717) is 16.3 Å². The van der Waals surface area contributed by atoms with Crippen LogP contribution in [0.15, 0.2) is 36.4 Å². The van der Waals surface area contributed by atoms with Crippen LogP contribution in [0.25, 0.3) is 0 Å². The number of halogens is 1. The molecule has 0 bridgehead atoms. The van der Waals surface area contributed by atoms with E-state index >= 15 is 0 Å². The topological polar surface area (TPSA) is 131 Å². The van der Waals surface area contributed by atoms with E-state index in [-0.39, 0.29) is 12.8 Å². The Morgan fingerprint density at radius 1 is 1.02 bits per heavy atom. The predicted molar refractivity (Wildman–Crippen MR) is 157 cm³/mol. The SMILES string of the molecule is Cc1cc(C)cc(C(C(=O)Nc2c(C)cccc2Cl)N(C(=O)C(CCC(N)=O)NC(=O)OC(C)(C)C)C(C)C)c1. The van der Waals surface area contributed by atoms with Gasteiger partial charge in [0.05, 0.1) is 10.7 Å². The largest absolute Gasteiger partial charge is 0.444 e. The van der Waals surface area contributed by atoms with E-state index in [2.05, 4.69) is 10.6 Å². The minimum atomic E-state index is -1.17. The van der Waals surface area contributed by atoms with Crippen molar-refractivity contribution in [2.45, 2.75) is 92.0 Å². The Hall–Kier alpha value is -3.59. The summed E-state index contributed by atoms with van der Waals surface area (Å²) in [5, 5.41) is 5.87. The fraction of sp³-hybridized carbons (Fsp3) is 0.467. The van der Waals surface area contributed by atoms with Crippen LogP contribution >= 0.6 is 11.6 Å². The molecule has 2 atom stereocenters. The maximum atomic E-state index is 14.2. The number of rotatable bonds is 10. The molecular weight excluding hydrogens is 532 g/mol. The van der Waals surface area contributed by atoms with Crippen LogP contribution in [0.2, 0.25) is 5.02 Å². The molecule has 0 spiro atoms. The van der Waals surface area contributed by atoms with Gasteiger partial charge in [0.1, 0.15) is 17.7 Å². The van der Waals surface area contributed by atoms with Gasteiger partial charge in [-0.25, -0.2) is 4.79 Å². The summed E-state index contributed by atoms with van der Waals surface area (Å²) in [6.07, 6.45) is -1.04. The number of alkyl carbamates (subject to hydrolysis) is 1. The number of amides is 4. The summed E-state index contributed by atoms with van der Waals surface area (Å²) in [6.45, 7) is 14.3. The molecule has 2 aromatic carbocycles. The number of nitrogens with two attached hydrogens (primary N) is 1. The van der Waals surface area contributed by atoms with Gasteiger partial charge in [-0.3, -0.25) is 14.4 Å². The zero-order valence-electron chi connectivity index (χ0n) is 24.6. The van der Waals surface area contributed by atoms with Gasteiger partial charge in [-0.15, -0.1) is 0 Å². The van der Waals surface area contributed by atoms with Gasteiger partial charge < -0.3 is 26.0 Å². The molecule has 0 fully saturated rings. The minimum Gasteiger partial charge on any atom is -0.444 e. The van der Waals surface area contributed by atoms with E-state index in [9.17, 15) is 19.2 Å². The molecule has 0 aliphatic carbocycles. The van der Waals surface area contributed by atoms with Gasteiger partial charge in [-0.2, -0.15) is 0 Å². The van der Waals surface area contributed by atoms with E-state index in [1.54, 1.807) is 46.8 Å². The maximum Gasteiger partial charge on any atom is 0.408 e. The first-order valence-electron chi connectivity index (χ1n) is 13.2. The van der Waals surface area contributed by atoms with Crippen LogP contribution in [0, 0.1) is 20.8 Å². The zero-order valence-corrected chi connectivity index (χ0v) is 25.3. The molecular formula is C30H41ClN4O5. The fourth-order valence-electron chi connectivity index (χ4n) is 4.44. The summed E-state index contributed by atoms with van der Waals surface area (Å²) < 4.78 is 5.36. The number of hydrogen-bond acceptors (Lipinski definition) is 5. The highest BCUT2D eigenvalue weighted by Crippen LogP contribution is 2.31.